The molecule has 0 spiro atoms. The summed E-state index contributed by atoms with van der Waals surface area (Å²) >= 11 is 1.43. The molecule has 0 saturated heterocycles. The van der Waals surface area contributed by atoms with Gasteiger partial charge in [-0.1, -0.05) is 25.9 Å². The minimum atomic E-state index is -0.218. The second-order valence-electron chi connectivity index (χ2n) is 4.96. The van der Waals surface area contributed by atoms with E-state index in [1.807, 2.05) is 27.7 Å². The zero-order valence-corrected chi connectivity index (χ0v) is 12.3. The van der Waals surface area contributed by atoms with Gasteiger partial charge >= 0.3 is 5.97 Å². The Labute approximate surface area is 112 Å². The van der Waals surface area contributed by atoms with E-state index in [2.05, 4.69) is 10.1 Å². The molecule has 0 aromatic carbocycles. The number of aromatic nitrogens is 2. The number of thioether (sulfide) groups is 1. The molecule has 1 atom stereocenters. The Hall–Kier alpha value is -1.04. The molecule has 1 unspecified atom stereocenters. The van der Waals surface area contributed by atoms with Crippen LogP contribution in [0.5, 0.6) is 0 Å². The lowest BCUT2D eigenvalue weighted by Crippen LogP contribution is -2.13. The maximum Gasteiger partial charge on any atom is 0.315 e. The monoisotopic (exact) mass is 272 g/mol. The molecular formula is C12H20N2O3S. The normalized spacial score (nSPS) is 13.4. The van der Waals surface area contributed by atoms with Crippen molar-refractivity contribution in [1.82, 2.24) is 10.1 Å². The summed E-state index contributed by atoms with van der Waals surface area (Å²) in [7, 11) is 0. The zero-order valence-electron chi connectivity index (χ0n) is 11.5. The first-order valence-corrected chi connectivity index (χ1v) is 7.00. The van der Waals surface area contributed by atoms with Crippen LogP contribution in [0.4, 0.5) is 0 Å². The first kappa shape index (κ1) is 15.0. The summed E-state index contributed by atoms with van der Waals surface area (Å²) in [6.45, 7) is 10.2. The molecule has 18 heavy (non-hydrogen) atoms. The number of hydrogen-bond acceptors (Lipinski definition) is 6. The molecule has 0 aliphatic heterocycles. The van der Waals surface area contributed by atoms with Crippen molar-refractivity contribution in [2.75, 3.05) is 12.4 Å². The SMILES string of the molecule is CCOC(=O)CSC(C)c1nc(C(C)(C)C)no1. The lowest BCUT2D eigenvalue weighted by molar-refractivity contribution is -0.139. The third kappa shape index (κ3) is 4.33. The Morgan fingerprint density at radius 1 is 1.50 bits per heavy atom. The number of esters is 1. The Balaban J connectivity index is 2.54. The number of carbonyl (C=O) groups excluding carboxylic acids is 1. The Kier molecular flexibility index (Phi) is 5.19. The Morgan fingerprint density at radius 3 is 2.67 bits per heavy atom. The first-order chi connectivity index (χ1) is 8.34. The predicted octanol–water partition coefficient (Wildman–Crippen LogP) is 2.72. The van der Waals surface area contributed by atoms with Crippen LogP contribution in [0.2, 0.25) is 0 Å². The summed E-state index contributed by atoms with van der Waals surface area (Å²) in [6.07, 6.45) is 0. The minimum absolute atomic E-state index is 0.0157. The van der Waals surface area contributed by atoms with E-state index in [-0.39, 0.29) is 16.6 Å². The van der Waals surface area contributed by atoms with Gasteiger partial charge in [0, 0.05) is 5.41 Å². The van der Waals surface area contributed by atoms with E-state index in [1.165, 1.54) is 11.8 Å². The molecule has 0 aliphatic rings. The van der Waals surface area contributed by atoms with Gasteiger partial charge in [0.1, 0.15) is 0 Å². The highest BCUT2D eigenvalue weighted by Gasteiger charge is 2.23. The van der Waals surface area contributed by atoms with Gasteiger partial charge in [-0.25, -0.2) is 0 Å². The van der Waals surface area contributed by atoms with Gasteiger partial charge in [-0.2, -0.15) is 4.98 Å². The summed E-state index contributed by atoms with van der Waals surface area (Å²) in [5.74, 6) is 1.31. The van der Waals surface area contributed by atoms with E-state index in [0.29, 0.717) is 24.1 Å². The van der Waals surface area contributed by atoms with Gasteiger partial charge < -0.3 is 9.26 Å². The fraction of sp³-hybridized carbons (Fsp3) is 0.750. The highest BCUT2D eigenvalue weighted by atomic mass is 32.2. The van der Waals surface area contributed by atoms with Crippen LogP contribution in [0, 0.1) is 0 Å². The second kappa shape index (κ2) is 6.22. The average Bonchev–Trinajstić information content (AvgIpc) is 2.75. The first-order valence-electron chi connectivity index (χ1n) is 5.96. The molecule has 0 N–H and O–H groups in total. The van der Waals surface area contributed by atoms with Crippen LogP contribution in [-0.2, 0) is 14.9 Å². The molecule has 0 bridgehead atoms. The van der Waals surface area contributed by atoms with Crippen LogP contribution in [0.25, 0.3) is 0 Å². The summed E-state index contributed by atoms with van der Waals surface area (Å²) in [5.41, 5.74) is -0.132. The van der Waals surface area contributed by atoms with Gasteiger partial charge in [-0.3, -0.25) is 4.79 Å². The van der Waals surface area contributed by atoms with Crippen LogP contribution in [-0.4, -0.2) is 28.5 Å². The molecule has 1 heterocycles. The summed E-state index contributed by atoms with van der Waals surface area (Å²) in [6, 6.07) is 0. The van der Waals surface area contributed by atoms with Crippen LogP contribution in [0.1, 0.15) is 51.6 Å². The average molecular weight is 272 g/mol. The molecule has 5 nitrogen and oxygen atoms in total. The van der Waals surface area contributed by atoms with Crippen molar-refractivity contribution in [3.63, 3.8) is 0 Å². The van der Waals surface area contributed by atoms with Crippen molar-refractivity contribution in [3.8, 4) is 0 Å². The summed E-state index contributed by atoms with van der Waals surface area (Å²) < 4.78 is 10.1. The van der Waals surface area contributed by atoms with Gasteiger partial charge in [0.2, 0.25) is 5.89 Å². The maximum atomic E-state index is 11.2. The third-order valence-electron chi connectivity index (χ3n) is 2.22. The molecule has 1 aromatic heterocycles. The van der Waals surface area contributed by atoms with E-state index in [4.69, 9.17) is 9.26 Å². The predicted molar refractivity (Wildman–Crippen MR) is 70.5 cm³/mol. The molecule has 0 aliphatic carbocycles. The van der Waals surface area contributed by atoms with Crippen molar-refractivity contribution in [2.45, 2.75) is 45.3 Å². The maximum absolute atomic E-state index is 11.2. The molecule has 0 radical (unpaired) electrons. The molecule has 0 amide bonds. The topological polar surface area (TPSA) is 65.2 Å². The lowest BCUT2D eigenvalue weighted by Gasteiger charge is -2.11. The standard InChI is InChI=1S/C12H20N2O3S/c1-6-16-9(15)7-18-8(2)10-13-11(14-17-10)12(3,4)5/h8H,6-7H2,1-5H3. The largest absolute Gasteiger partial charge is 0.465 e. The molecule has 1 aromatic rings. The van der Waals surface area contributed by atoms with Gasteiger partial charge in [0.15, 0.2) is 5.82 Å². The number of ether oxygens (including phenoxy) is 1. The quantitative estimate of drug-likeness (QED) is 0.768. The number of nitrogens with zero attached hydrogens (tertiary/aromatic N) is 2. The van der Waals surface area contributed by atoms with Gasteiger partial charge in [0.25, 0.3) is 0 Å². The Bertz CT molecular complexity index is 398. The van der Waals surface area contributed by atoms with Crippen LogP contribution >= 0.6 is 11.8 Å². The molecule has 0 fully saturated rings. The van der Waals surface area contributed by atoms with Crippen molar-refractivity contribution < 1.29 is 14.1 Å². The molecular weight excluding hydrogens is 252 g/mol. The Morgan fingerprint density at radius 2 is 2.17 bits per heavy atom. The van der Waals surface area contributed by atoms with E-state index in [0.717, 1.165) is 0 Å². The van der Waals surface area contributed by atoms with E-state index in [9.17, 15) is 4.79 Å². The molecule has 102 valence electrons. The summed E-state index contributed by atoms with van der Waals surface area (Å²) in [4.78, 5) is 15.6. The molecule has 6 heteroatoms. The van der Waals surface area contributed by atoms with Crippen molar-refractivity contribution in [2.24, 2.45) is 0 Å². The smallest absolute Gasteiger partial charge is 0.315 e. The number of rotatable bonds is 5. The van der Waals surface area contributed by atoms with Crippen molar-refractivity contribution >= 4 is 17.7 Å². The highest BCUT2D eigenvalue weighted by Crippen LogP contribution is 2.28. The summed E-state index contributed by atoms with van der Waals surface area (Å²) in [5, 5.41) is 3.94. The molecule has 1 rings (SSSR count). The van der Waals surface area contributed by atoms with Gasteiger partial charge in [-0.15, -0.1) is 11.8 Å². The van der Waals surface area contributed by atoms with Gasteiger partial charge in [0.05, 0.1) is 17.6 Å². The zero-order chi connectivity index (χ0) is 13.8. The minimum Gasteiger partial charge on any atom is -0.465 e. The van der Waals surface area contributed by atoms with E-state index >= 15 is 0 Å². The van der Waals surface area contributed by atoms with Crippen LogP contribution in [0.15, 0.2) is 4.52 Å². The number of hydrogen-bond donors (Lipinski definition) is 0. The fourth-order valence-corrected chi connectivity index (χ4v) is 1.88. The van der Waals surface area contributed by atoms with Gasteiger partial charge in [-0.05, 0) is 13.8 Å². The lowest BCUT2D eigenvalue weighted by atomic mass is 9.96. The van der Waals surface area contributed by atoms with Crippen LogP contribution < -0.4 is 0 Å². The fourth-order valence-electron chi connectivity index (χ4n) is 1.17. The van der Waals surface area contributed by atoms with Crippen molar-refractivity contribution in [3.05, 3.63) is 11.7 Å². The second-order valence-corrected chi connectivity index (χ2v) is 6.29. The van der Waals surface area contributed by atoms with Crippen molar-refractivity contribution in [1.29, 1.82) is 0 Å². The van der Waals surface area contributed by atoms with E-state index in [1.54, 1.807) is 6.92 Å². The van der Waals surface area contributed by atoms with E-state index < -0.39 is 0 Å². The molecule has 0 saturated carbocycles. The number of carbonyl (C=O) groups is 1. The highest BCUT2D eigenvalue weighted by molar-refractivity contribution is 8.00. The third-order valence-corrected chi connectivity index (χ3v) is 3.32. The van der Waals surface area contributed by atoms with Crippen LogP contribution in [0.3, 0.4) is 0 Å².